The van der Waals surface area contributed by atoms with Crippen molar-refractivity contribution < 1.29 is 4.39 Å². The fraction of sp³-hybridized carbons (Fsp3) is 0. The van der Waals surface area contributed by atoms with Gasteiger partial charge in [0, 0.05) is 22.7 Å². The first-order valence-electron chi connectivity index (χ1n) is 23.3. The standard InChI is InChI=1S/C66H47FN2/c67-58-36-26-57(27-37-58)64-47-66(69(61-42-32-54(33-43-61)50-20-10-3-11-21-50)62-44-34-55(35-45-62)51-22-12-4-13-23-51)65(46-63(64)56-24-14-5-15-25-56)68(59-38-28-52(29-39-59)48-16-6-1-7-17-48)60-40-30-53(31-41-60)49-18-8-2-9-19-49/h1-47H. The van der Waals surface area contributed by atoms with Crippen LogP contribution in [-0.2, 0) is 0 Å². The van der Waals surface area contributed by atoms with E-state index in [0.29, 0.717) is 0 Å². The first-order valence-corrected chi connectivity index (χ1v) is 23.3. The van der Waals surface area contributed by atoms with Crippen LogP contribution in [0.3, 0.4) is 0 Å². The highest BCUT2D eigenvalue weighted by atomic mass is 19.1. The molecule has 0 heterocycles. The Labute approximate surface area is 404 Å². The molecular weight excluding hydrogens is 840 g/mol. The van der Waals surface area contributed by atoms with Crippen LogP contribution in [0.5, 0.6) is 0 Å². The maximum absolute atomic E-state index is 14.8. The minimum atomic E-state index is -0.278. The zero-order valence-electron chi connectivity index (χ0n) is 37.9. The van der Waals surface area contributed by atoms with Crippen LogP contribution < -0.4 is 9.80 Å². The summed E-state index contributed by atoms with van der Waals surface area (Å²) in [6.45, 7) is 0. The van der Waals surface area contributed by atoms with Gasteiger partial charge in [0.2, 0.25) is 0 Å². The van der Waals surface area contributed by atoms with E-state index in [4.69, 9.17) is 0 Å². The molecule has 11 rings (SSSR count). The SMILES string of the molecule is Fc1ccc(-c2cc(N(c3ccc(-c4ccccc4)cc3)c3ccc(-c4ccccc4)cc3)c(N(c3ccc(-c4ccccc4)cc3)c3ccc(-c4ccccc4)cc3)cc2-c2ccccc2)cc1. The Kier molecular flexibility index (Phi) is 12.0. The quantitative estimate of drug-likeness (QED) is 0.121. The second-order valence-corrected chi connectivity index (χ2v) is 17.1. The van der Waals surface area contributed by atoms with Crippen LogP contribution in [-0.4, -0.2) is 0 Å². The molecule has 2 nitrogen and oxygen atoms in total. The molecule has 0 spiro atoms. The van der Waals surface area contributed by atoms with Gasteiger partial charge >= 0.3 is 0 Å². The molecule has 328 valence electrons. The summed E-state index contributed by atoms with van der Waals surface area (Å²) in [5.74, 6) is -0.278. The van der Waals surface area contributed by atoms with Crippen LogP contribution in [0.4, 0.5) is 38.5 Å². The highest BCUT2D eigenvalue weighted by Gasteiger charge is 2.26. The summed E-state index contributed by atoms with van der Waals surface area (Å²) >= 11 is 0. The van der Waals surface area contributed by atoms with Gasteiger partial charge in [-0.15, -0.1) is 0 Å². The summed E-state index contributed by atoms with van der Waals surface area (Å²) in [6, 6.07) is 99.5. The molecule has 0 radical (unpaired) electrons. The summed E-state index contributed by atoms with van der Waals surface area (Å²) in [7, 11) is 0. The summed E-state index contributed by atoms with van der Waals surface area (Å²) in [6.07, 6.45) is 0. The van der Waals surface area contributed by atoms with E-state index in [1.54, 1.807) is 12.1 Å². The Morgan fingerprint density at radius 3 is 0.667 bits per heavy atom. The highest BCUT2D eigenvalue weighted by molar-refractivity contribution is 5.99. The Morgan fingerprint density at radius 1 is 0.203 bits per heavy atom. The number of hydrogen-bond donors (Lipinski definition) is 0. The van der Waals surface area contributed by atoms with E-state index in [1.807, 2.05) is 30.3 Å². The van der Waals surface area contributed by atoms with Crippen molar-refractivity contribution in [2.24, 2.45) is 0 Å². The number of anilines is 6. The summed E-state index contributed by atoms with van der Waals surface area (Å²) < 4.78 is 14.8. The molecule has 0 bridgehead atoms. The number of rotatable bonds is 12. The Balaban J connectivity index is 1.19. The molecule has 0 aliphatic carbocycles. The van der Waals surface area contributed by atoms with Crippen LogP contribution in [0.15, 0.2) is 285 Å². The van der Waals surface area contributed by atoms with E-state index in [2.05, 4.69) is 252 Å². The van der Waals surface area contributed by atoms with Gasteiger partial charge in [-0.05, 0) is 140 Å². The van der Waals surface area contributed by atoms with Crippen molar-refractivity contribution >= 4 is 34.1 Å². The molecule has 0 aromatic heterocycles. The monoisotopic (exact) mass is 886 g/mol. The van der Waals surface area contributed by atoms with Crippen molar-refractivity contribution in [1.82, 2.24) is 0 Å². The molecule has 0 unspecified atom stereocenters. The maximum Gasteiger partial charge on any atom is 0.123 e. The fourth-order valence-electron chi connectivity index (χ4n) is 9.25. The lowest BCUT2D eigenvalue weighted by Crippen LogP contribution is -2.17. The zero-order valence-corrected chi connectivity index (χ0v) is 37.9. The van der Waals surface area contributed by atoms with Crippen molar-refractivity contribution in [3.05, 3.63) is 291 Å². The van der Waals surface area contributed by atoms with Gasteiger partial charge in [-0.2, -0.15) is 0 Å². The largest absolute Gasteiger partial charge is 0.308 e. The molecule has 0 aliphatic heterocycles. The molecule has 0 fully saturated rings. The normalized spacial score (nSPS) is 11.0. The average Bonchev–Trinajstić information content (AvgIpc) is 3.43. The van der Waals surface area contributed by atoms with E-state index in [9.17, 15) is 4.39 Å². The Morgan fingerprint density at radius 2 is 0.406 bits per heavy atom. The number of benzene rings is 11. The van der Waals surface area contributed by atoms with Gasteiger partial charge < -0.3 is 9.80 Å². The zero-order chi connectivity index (χ0) is 46.4. The molecular formula is C66H47FN2. The Bertz CT molecular complexity index is 3250. The third-order valence-electron chi connectivity index (χ3n) is 12.8. The van der Waals surface area contributed by atoms with Crippen LogP contribution >= 0.6 is 0 Å². The highest BCUT2D eigenvalue weighted by Crippen LogP contribution is 2.51. The molecule has 3 heteroatoms. The van der Waals surface area contributed by atoms with Crippen LogP contribution in [0.1, 0.15) is 0 Å². The van der Waals surface area contributed by atoms with E-state index in [-0.39, 0.29) is 5.82 Å². The molecule has 0 aliphatic rings. The first-order chi connectivity index (χ1) is 34.1. The number of hydrogen-bond acceptors (Lipinski definition) is 2. The van der Waals surface area contributed by atoms with E-state index >= 15 is 0 Å². The lowest BCUT2D eigenvalue weighted by atomic mass is 9.91. The van der Waals surface area contributed by atoms with Crippen molar-refractivity contribution in [3.8, 4) is 66.8 Å². The lowest BCUT2D eigenvalue weighted by molar-refractivity contribution is 0.628. The number of nitrogens with zero attached hydrogens (tertiary/aromatic N) is 2. The molecule has 11 aromatic carbocycles. The third kappa shape index (κ3) is 9.10. The minimum Gasteiger partial charge on any atom is -0.308 e. The predicted molar refractivity (Wildman–Crippen MR) is 288 cm³/mol. The van der Waals surface area contributed by atoms with E-state index < -0.39 is 0 Å². The van der Waals surface area contributed by atoms with Gasteiger partial charge in [-0.25, -0.2) is 4.39 Å². The maximum atomic E-state index is 14.8. The summed E-state index contributed by atoms with van der Waals surface area (Å²) in [5.41, 5.74) is 19.0. The van der Waals surface area contributed by atoms with Crippen molar-refractivity contribution in [2.75, 3.05) is 9.80 Å². The molecule has 0 amide bonds. The first kappa shape index (κ1) is 42.6. The third-order valence-corrected chi connectivity index (χ3v) is 12.8. The molecule has 0 atom stereocenters. The van der Waals surface area contributed by atoms with Gasteiger partial charge in [-0.1, -0.05) is 212 Å². The predicted octanol–water partition coefficient (Wildman–Crippen LogP) is 18.8. The van der Waals surface area contributed by atoms with Gasteiger partial charge in [0.25, 0.3) is 0 Å². The van der Waals surface area contributed by atoms with E-state index in [0.717, 1.165) is 101 Å². The topological polar surface area (TPSA) is 6.48 Å². The average molecular weight is 887 g/mol. The molecule has 0 N–H and O–H groups in total. The van der Waals surface area contributed by atoms with Crippen LogP contribution in [0, 0.1) is 5.82 Å². The summed E-state index contributed by atoms with van der Waals surface area (Å²) in [5, 5.41) is 0. The van der Waals surface area contributed by atoms with Gasteiger partial charge in [-0.3, -0.25) is 0 Å². The second-order valence-electron chi connectivity index (χ2n) is 17.1. The molecule has 11 aromatic rings. The van der Waals surface area contributed by atoms with Crippen LogP contribution in [0.2, 0.25) is 0 Å². The van der Waals surface area contributed by atoms with Crippen molar-refractivity contribution in [3.63, 3.8) is 0 Å². The smallest absolute Gasteiger partial charge is 0.123 e. The second kappa shape index (κ2) is 19.4. The number of halogens is 1. The Hall–Kier alpha value is -9.05. The van der Waals surface area contributed by atoms with Crippen LogP contribution in [0.25, 0.3) is 66.8 Å². The van der Waals surface area contributed by atoms with Gasteiger partial charge in [0.1, 0.15) is 5.82 Å². The van der Waals surface area contributed by atoms with Crippen molar-refractivity contribution in [2.45, 2.75) is 0 Å². The molecule has 69 heavy (non-hydrogen) atoms. The molecule has 0 saturated carbocycles. The van der Waals surface area contributed by atoms with Gasteiger partial charge in [0.05, 0.1) is 11.4 Å². The van der Waals surface area contributed by atoms with Crippen molar-refractivity contribution in [1.29, 1.82) is 0 Å². The van der Waals surface area contributed by atoms with Gasteiger partial charge in [0.15, 0.2) is 0 Å². The fourth-order valence-corrected chi connectivity index (χ4v) is 9.25. The van der Waals surface area contributed by atoms with E-state index in [1.165, 1.54) is 0 Å². The minimum absolute atomic E-state index is 0.278. The molecule has 0 saturated heterocycles. The lowest BCUT2D eigenvalue weighted by Gasteiger charge is -2.35. The summed E-state index contributed by atoms with van der Waals surface area (Å²) in [4.78, 5) is 4.74.